The third-order valence-electron chi connectivity index (χ3n) is 3.45. The fourth-order valence-corrected chi connectivity index (χ4v) is 3.65. The Morgan fingerprint density at radius 3 is 2.57 bits per heavy atom. The van der Waals surface area contributed by atoms with Gasteiger partial charge in [0.05, 0.1) is 0 Å². The van der Waals surface area contributed by atoms with Gasteiger partial charge in [0.15, 0.2) is 0 Å². The first-order valence-electron chi connectivity index (χ1n) is 7.40. The first kappa shape index (κ1) is 16.7. The third kappa shape index (κ3) is 4.63. The Morgan fingerprint density at radius 1 is 1.19 bits per heavy atom. The summed E-state index contributed by atoms with van der Waals surface area (Å²) < 4.78 is 15.0. The minimum absolute atomic E-state index is 0.0291. The number of thiophene rings is 1. The molecule has 1 N–H and O–H groups in total. The van der Waals surface area contributed by atoms with Crippen molar-refractivity contribution < 1.29 is 4.39 Å². The van der Waals surface area contributed by atoms with Crippen LogP contribution in [0.3, 0.4) is 0 Å². The molecule has 1 nitrogen and oxygen atoms in total. The van der Waals surface area contributed by atoms with E-state index < -0.39 is 0 Å². The highest BCUT2D eigenvalue weighted by Crippen LogP contribution is 2.27. The van der Waals surface area contributed by atoms with Crippen LogP contribution in [0.5, 0.6) is 0 Å². The molecule has 0 radical (unpaired) electrons. The summed E-state index contributed by atoms with van der Waals surface area (Å²) in [4.78, 5) is 2.69. The van der Waals surface area contributed by atoms with Crippen LogP contribution < -0.4 is 5.32 Å². The molecule has 114 valence electrons. The molecule has 0 saturated heterocycles. The van der Waals surface area contributed by atoms with Crippen molar-refractivity contribution in [3.63, 3.8) is 0 Å². The molecule has 0 aliphatic rings. The summed E-state index contributed by atoms with van der Waals surface area (Å²) in [5.74, 6) is -0.148. The molecule has 0 aliphatic heterocycles. The molecular weight excluding hydrogens is 349 g/mol. The lowest BCUT2D eigenvalue weighted by Gasteiger charge is -2.19. The number of benzene rings is 1. The molecule has 4 heteroatoms. The zero-order valence-electron chi connectivity index (χ0n) is 12.5. The van der Waals surface area contributed by atoms with Gasteiger partial charge in [0.1, 0.15) is 5.82 Å². The monoisotopic (exact) mass is 369 g/mol. The van der Waals surface area contributed by atoms with Crippen molar-refractivity contribution in [2.45, 2.75) is 39.2 Å². The van der Waals surface area contributed by atoms with Gasteiger partial charge in [-0.1, -0.05) is 35.8 Å². The fraction of sp³-hybridized carbons (Fsp3) is 0.412. The van der Waals surface area contributed by atoms with Crippen LogP contribution in [0.1, 0.15) is 41.6 Å². The summed E-state index contributed by atoms with van der Waals surface area (Å²) in [5.41, 5.74) is 0.748. The molecule has 0 spiro atoms. The van der Waals surface area contributed by atoms with Crippen molar-refractivity contribution in [1.82, 2.24) is 5.32 Å². The minimum Gasteiger partial charge on any atom is -0.310 e. The van der Waals surface area contributed by atoms with Gasteiger partial charge >= 0.3 is 0 Å². The van der Waals surface area contributed by atoms with Gasteiger partial charge in [-0.05, 0) is 43.7 Å². The van der Waals surface area contributed by atoms with Crippen molar-refractivity contribution >= 4 is 27.3 Å². The van der Waals surface area contributed by atoms with E-state index >= 15 is 0 Å². The average Bonchev–Trinajstić information content (AvgIpc) is 2.91. The Balaban J connectivity index is 2.20. The molecule has 2 aromatic rings. The van der Waals surface area contributed by atoms with Gasteiger partial charge in [-0.15, -0.1) is 11.3 Å². The van der Waals surface area contributed by atoms with Gasteiger partial charge in [-0.2, -0.15) is 0 Å². The van der Waals surface area contributed by atoms with Crippen LogP contribution in [0.15, 0.2) is 34.8 Å². The SMILES string of the molecule is CCCNC(Cc1ccc(CC)s1)c1ccc(Br)cc1F. The van der Waals surface area contributed by atoms with E-state index in [1.807, 2.05) is 23.5 Å². The number of hydrogen-bond donors (Lipinski definition) is 1. The highest BCUT2D eigenvalue weighted by molar-refractivity contribution is 9.10. The summed E-state index contributed by atoms with van der Waals surface area (Å²) in [5, 5.41) is 3.47. The molecule has 2 rings (SSSR count). The lowest BCUT2D eigenvalue weighted by molar-refractivity contribution is 0.499. The second kappa shape index (κ2) is 8.06. The summed E-state index contributed by atoms with van der Waals surface area (Å²) in [6.07, 6.45) is 2.94. The number of rotatable bonds is 7. The van der Waals surface area contributed by atoms with Crippen molar-refractivity contribution in [2.75, 3.05) is 6.54 Å². The zero-order valence-corrected chi connectivity index (χ0v) is 14.9. The first-order chi connectivity index (χ1) is 10.1. The van der Waals surface area contributed by atoms with Crippen molar-refractivity contribution in [1.29, 1.82) is 0 Å². The van der Waals surface area contributed by atoms with Gasteiger partial charge in [-0.25, -0.2) is 4.39 Å². The summed E-state index contributed by atoms with van der Waals surface area (Å²) in [6.45, 7) is 5.19. The van der Waals surface area contributed by atoms with Crippen LogP contribution >= 0.6 is 27.3 Å². The Labute approximate surface area is 138 Å². The van der Waals surface area contributed by atoms with Crippen LogP contribution in [0.25, 0.3) is 0 Å². The third-order valence-corrected chi connectivity index (χ3v) is 5.19. The largest absolute Gasteiger partial charge is 0.310 e. The Hall–Kier alpha value is -0.710. The number of nitrogens with one attached hydrogen (secondary N) is 1. The zero-order chi connectivity index (χ0) is 15.2. The molecule has 0 amide bonds. The number of hydrogen-bond acceptors (Lipinski definition) is 2. The smallest absolute Gasteiger partial charge is 0.129 e. The van der Waals surface area contributed by atoms with E-state index in [0.717, 1.165) is 35.8 Å². The molecule has 1 atom stereocenters. The first-order valence-corrected chi connectivity index (χ1v) is 9.00. The highest BCUT2D eigenvalue weighted by atomic mass is 79.9. The molecule has 1 aromatic carbocycles. The van der Waals surface area contributed by atoms with Crippen LogP contribution in [0, 0.1) is 5.82 Å². The van der Waals surface area contributed by atoms with Gasteiger partial charge in [0, 0.05) is 32.3 Å². The van der Waals surface area contributed by atoms with Crippen LogP contribution in [0.4, 0.5) is 4.39 Å². The lowest BCUT2D eigenvalue weighted by atomic mass is 10.0. The van der Waals surface area contributed by atoms with E-state index in [4.69, 9.17) is 0 Å². The van der Waals surface area contributed by atoms with Gasteiger partial charge in [0.25, 0.3) is 0 Å². The highest BCUT2D eigenvalue weighted by Gasteiger charge is 2.17. The molecule has 0 fully saturated rings. The molecule has 0 saturated carbocycles. The van der Waals surface area contributed by atoms with Crippen LogP contribution in [0.2, 0.25) is 0 Å². The number of halogens is 2. The normalized spacial score (nSPS) is 12.6. The lowest BCUT2D eigenvalue weighted by Crippen LogP contribution is -2.24. The summed E-state index contributed by atoms with van der Waals surface area (Å²) in [6, 6.07) is 9.70. The summed E-state index contributed by atoms with van der Waals surface area (Å²) >= 11 is 5.15. The fourth-order valence-electron chi connectivity index (χ4n) is 2.32. The van der Waals surface area contributed by atoms with Gasteiger partial charge in [0.2, 0.25) is 0 Å². The summed E-state index contributed by atoms with van der Waals surface area (Å²) in [7, 11) is 0. The Kier molecular flexibility index (Phi) is 6.40. The van der Waals surface area contributed by atoms with E-state index in [2.05, 4.69) is 47.2 Å². The quantitative estimate of drug-likeness (QED) is 0.679. The minimum atomic E-state index is -0.148. The van der Waals surface area contributed by atoms with E-state index in [9.17, 15) is 4.39 Å². The Bertz CT molecular complexity index is 582. The van der Waals surface area contributed by atoms with Gasteiger partial charge in [-0.3, -0.25) is 0 Å². The van der Waals surface area contributed by atoms with Crippen molar-refractivity contribution in [2.24, 2.45) is 0 Å². The molecule has 21 heavy (non-hydrogen) atoms. The van der Waals surface area contributed by atoms with E-state index in [-0.39, 0.29) is 11.9 Å². The van der Waals surface area contributed by atoms with Crippen LogP contribution in [-0.4, -0.2) is 6.54 Å². The maximum atomic E-state index is 14.2. The molecule has 1 unspecified atom stereocenters. The predicted octanol–water partition coefficient (Wildman–Crippen LogP) is 5.50. The van der Waals surface area contributed by atoms with Crippen molar-refractivity contribution in [3.05, 3.63) is 55.9 Å². The maximum Gasteiger partial charge on any atom is 0.129 e. The topological polar surface area (TPSA) is 12.0 Å². The molecule has 1 aromatic heterocycles. The van der Waals surface area contributed by atoms with Gasteiger partial charge < -0.3 is 5.32 Å². The predicted molar refractivity (Wildman–Crippen MR) is 92.5 cm³/mol. The number of aryl methyl sites for hydroxylation is 1. The second-order valence-corrected chi connectivity index (χ2v) is 7.27. The van der Waals surface area contributed by atoms with Crippen molar-refractivity contribution in [3.8, 4) is 0 Å². The van der Waals surface area contributed by atoms with E-state index in [1.54, 1.807) is 6.07 Å². The van der Waals surface area contributed by atoms with E-state index in [0.29, 0.717) is 0 Å². The maximum absolute atomic E-state index is 14.2. The molecule has 0 aliphatic carbocycles. The average molecular weight is 370 g/mol. The molecular formula is C17H21BrFNS. The molecule has 1 heterocycles. The Morgan fingerprint density at radius 2 is 1.95 bits per heavy atom. The van der Waals surface area contributed by atoms with Crippen LogP contribution in [-0.2, 0) is 12.8 Å². The molecule has 0 bridgehead atoms. The second-order valence-electron chi connectivity index (χ2n) is 5.10. The standard InChI is InChI=1S/C17H21BrFNS/c1-3-9-20-17(11-14-7-6-13(4-2)21-14)15-8-5-12(18)10-16(15)19/h5-8,10,17,20H,3-4,9,11H2,1-2H3. The van der Waals surface area contributed by atoms with E-state index in [1.165, 1.54) is 9.75 Å².